The minimum Gasteiger partial charge on any atom is -0.490 e. The third-order valence-electron chi connectivity index (χ3n) is 4.26. The van der Waals surface area contributed by atoms with Crippen molar-refractivity contribution < 1.29 is 19.1 Å². The zero-order valence-electron chi connectivity index (χ0n) is 16.6. The molecule has 3 rings (SSSR count). The summed E-state index contributed by atoms with van der Waals surface area (Å²) in [5.74, 6) is 3.19. The number of ether oxygens (including phenoxy) is 2. The van der Waals surface area contributed by atoms with Crippen LogP contribution in [0.25, 0.3) is 6.08 Å². The zero-order chi connectivity index (χ0) is 21.7. The van der Waals surface area contributed by atoms with Crippen molar-refractivity contribution in [3.8, 4) is 23.8 Å². The smallest absolute Gasteiger partial charge is 0.294 e. The fraction of sp³-hybridized carbons (Fsp3) is 0.217. The van der Waals surface area contributed by atoms with E-state index < -0.39 is 0 Å². The third kappa shape index (κ3) is 5.18. The van der Waals surface area contributed by atoms with Crippen LogP contribution in [0.3, 0.4) is 0 Å². The van der Waals surface area contributed by atoms with Gasteiger partial charge < -0.3 is 9.47 Å². The third-order valence-corrected chi connectivity index (χ3v) is 5.96. The molecule has 154 valence electrons. The van der Waals surface area contributed by atoms with E-state index in [1.54, 1.807) is 6.08 Å². The molecule has 0 saturated carbocycles. The highest BCUT2D eigenvalue weighted by molar-refractivity contribution is 14.1. The molecule has 1 heterocycles. The van der Waals surface area contributed by atoms with Gasteiger partial charge >= 0.3 is 0 Å². The second-order valence-electron chi connectivity index (χ2n) is 6.51. The first-order chi connectivity index (χ1) is 14.4. The number of halogens is 1. The standard InChI is InChI=1S/C23H20INO4S/c1-4-10-25-22(26)20(30-23(25)27)13-17-11-18(24)21(19(12-17)28-5-2)29-14-16-8-6-15(3)7-9-16/h1,6-9,11-13H,5,10,14H2,2-3H3/b20-13+. The number of terminal acetylenes is 1. The fourth-order valence-electron chi connectivity index (χ4n) is 2.79. The molecule has 0 atom stereocenters. The lowest BCUT2D eigenvalue weighted by molar-refractivity contribution is -0.122. The number of nitrogens with zero attached hydrogens (tertiary/aromatic N) is 1. The van der Waals surface area contributed by atoms with E-state index in [-0.39, 0.29) is 17.7 Å². The van der Waals surface area contributed by atoms with Crippen molar-refractivity contribution in [3.05, 3.63) is 61.6 Å². The van der Waals surface area contributed by atoms with E-state index in [0.717, 1.165) is 31.4 Å². The Bertz CT molecular complexity index is 1040. The van der Waals surface area contributed by atoms with E-state index in [9.17, 15) is 9.59 Å². The summed E-state index contributed by atoms with van der Waals surface area (Å²) >= 11 is 3.07. The molecule has 0 unspecified atom stereocenters. The van der Waals surface area contributed by atoms with Gasteiger partial charge in [-0.2, -0.15) is 0 Å². The Kier molecular flexibility index (Phi) is 7.45. The minimum atomic E-state index is -0.379. The molecule has 2 amide bonds. The van der Waals surface area contributed by atoms with Crippen LogP contribution in [0.4, 0.5) is 4.79 Å². The normalized spacial score (nSPS) is 14.9. The molecule has 5 nitrogen and oxygen atoms in total. The van der Waals surface area contributed by atoms with Crippen molar-refractivity contribution in [2.75, 3.05) is 13.2 Å². The summed E-state index contributed by atoms with van der Waals surface area (Å²) in [4.78, 5) is 25.8. The summed E-state index contributed by atoms with van der Waals surface area (Å²) in [5.41, 5.74) is 3.00. The van der Waals surface area contributed by atoms with Crippen LogP contribution in [0.5, 0.6) is 11.5 Å². The topological polar surface area (TPSA) is 55.8 Å². The van der Waals surface area contributed by atoms with Gasteiger partial charge in [-0.25, -0.2) is 0 Å². The van der Waals surface area contributed by atoms with Gasteiger partial charge in [0.05, 0.1) is 21.6 Å². The van der Waals surface area contributed by atoms with Gasteiger partial charge in [-0.15, -0.1) is 6.42 Å². The van der Waals surface area contributed by atoms with Crippen LogP contribution in [0.15, 0.2) is 41.3 Å². The summed E-state index contributed by atoms with van der Waals surface area (Å²) in [5, 5.41) is -0.359. The van der Waals surface area contributed by atoms with Crippen LogP contribution < -0.4 is 9.47 Å². The van der Waals surface area contributed by atoms with E-state index in [1.807, 2.05) is 50.2 Å². The Morgan fingerprint density at radius 1 is 1.20 bits per heavy atom. The lowest BCUT2D eigenvalue weighted by Crippen LogP contribution is -2.28. The monoisotopic (exact) mass is 533 g/mol. The second-order valence-corrected chi connectivity index (χ2v) is 8.66. The second kappa shape index (κ2) is 10.0. The van der Waals surface area contributed by atoms with Gasteiger partial charge in [0.1, 0.15) is 6.61 Å². The van der Waals surface area contributed by atoms with Crippen molar-refractivity contribution in [1.29, 1.82) is 0 Å². The first kappa shape index (κ1) is 22.2. The molecule has 30 heavy (non-hydrogen) atoms. The fourth-order valence-corrected chi connectivity index (χ4v) is 4.41. The van der Waals surface area contributed by atoms with Crippen LogP contribution in [-0.4, -0.2) is 29.2 Å². The average Bonchev–Trinajstić information content (AvgIpc) is 2.97. The number of rotatable bonds is 7. The highest BCUT2D eigenvalue weighted by Gasteiger charge is 2.34. The molecule has 0 spiro atoms. The largest absolute Gasteiger partial charge is 0.490 e. The van der Waals surface area contributed by atoms with E-state index in [0.29, 0.717) is 29.6 Å². The molecule has 0 bridgehead atoms. The molecule has 2 aromatic rings. The number of amides is 2. The Labute approximate surface area is 194 Å². The molecule has 0 aromatic heterocycles. The summed E-state index contributed by atoms with van der Waals surface area (Å²) in [7, 11) is 0. The van der Waals surface area contributed by atoms with Crippen LogP contribution in [0.1, 0.15) is 23.6 Å². The number of aryl methyl sites for hydroxylation is 1. The van der Waals surface area contributed by atoms with Gasteiger partial charge in [0.2, 0.25) is 0 Å². The summed E-state index contributed by atoms with van der Waals surface area (Å²) in [6.07, 6.45) is 6.92. The Morgan fingerprint density at radius 3 is 2.60 bits per heavy atom. The number of carbonyl (C=O) groups is 2. The first-order valence-corrected chi connectivity index (χ1v) is 11.2. The lowest BCUT2D eigenvalue weighted by atomic mass is 10.1. The maximum atomic E-state index is 12.4. The molecule has 7 heteroatoms. The average molecular weight is 533 g/mol. The summed E-state index contributed by atoms with van der Waals surface area (Å²) < 4.78 is 12.7. The van der Waals surface area contributed by atoms with Gasteiger partial charge in [-0.1, -0.05) is 35.7 Å². The Morgan fingerprint density at radius 2 is 1.93 bits per heavy atom. The lowest BCUT2D eigenvalue weighted by Gasteiger charge is -2.15. The zero-order valence-corrected chi connectivity index (χ0v) is 19.6. The van der Waals surface area contributed by atoms with E-state index in [2.05, 4.69) is 28.5 Å². The van der Waals surface area contributed by atoms with Crippen LogP contribution >= 0.6 is 34.4 Å². The Balaban J connectivity index is 1.86. The SMILES string of the molecule is C#CCN1C(=O)S/C(=C/c2cc(I)c(OCc3ccc(C)cc3)c(OCC)c2)C1=O. The Hall–Kier alpha value is -2.44. The van der Waals surface area contributed by atoms with Crippen LogP contribution in [0.2, 0.25) is 0 Å². The number of thioether (sulfide) groups is 1. The van der Waals surface area contributed by atoms with Crippen molar-refractivity contribution in [2.45, 2.75) is 20.5 Å². The van der Waals surface area contributed by atoms with Crippen molar-refractivity contribution in [3.63, 3.8) is 0 Å². The number of carbonyl (C=O) groups excluding carboxylic acids is 2. The van der Waals surface area contributed by atoms with Gasteiger partial charge in [0, 0.05) is 0 Å². The first-order valence-electron chi connectivity index (χ1n) is 9.26. The van der Waals surface area contributed by atoms with Crippen molar-refractivity contribution >= 4 is 51.6 Å². The molecule has 2 aromatic carbocycles. The van der Waals surface area contributed by atoms with E-state index >= 15 is 0 Å². The summed E-state index contributed by atoms with van der Waals surface area (Å²) in [6, 6.07) is 11.9. The molecule has 1 fully saturated rings. The molecule has 0 aliphatic carbocycles. The predicted octanol–water partition coefficient (Wildman–Crippen LogP) is 5.25. The molecule has 1 aliphatic rings. The molecular weight excluding hydrogens is 513 g/mol. The van der Waals surface area contributed by atoms with Gasteiger partial charge in [-0.05, 0) is 77.5 Å². The molecule has 0 N–H and O–H groups in total. The van der Waals surface area contributed by atoms with Crippen LogP contribution in [0, 0.1) is 22.8 Å². The number of hydrogen-bond donors (Lipinski definition) is 0. The van der Waals surface area contributed by atoms with Crippen LogP contribution in [-0.2, 0) is 11.4 Å². The summed E-state index contributed by atoms with van der Waals surface area (Å²) in [6.45, 7) is 4.80. The van der Waals surface area contributed by atoms with Crippen molar-refractivity contribution in [2.24, 2.45) is 0 Å². The molecular formula is C23H20INO4S. The van der Waals surface area contributed by atoms with Gasteiger partial charge in [0.25, 0.3) is 11.1 Å². The highest BCUT2D eigenvalue weighted by Crippen LogP contribution is 2.37. The van der Waals surface area contributed by atoms with Gasteiger partial charge in [-0.3, -0.25) is 14.5 Å². The molecule has 0 radical (unpaired) electrons. The maximum absolute atomic E-state index is 12.4. The minimum absolute atomic E-state index is 0.0322. The van der Waals surface area contributed by atoms with E-state index in [1.165, 1.54) is 5.56 Å². The molecule has 1 saturated heterocycles. The number of imide groups is 1. The van der Waals surface area contributed by atoms with E-state index in [4.69, 9.17) is 15.9 Å². The number of hydrogen-bond acceptors (Lipinski definition) is 5. The quantitative estimate of drug-likeness (QED) is 0.277. The maximum Gasteiger partial charge on any atom is 0.294 e. The van der Waals surface area contributed by atoms with Crippen molar-refractivity contribution in [1.82, 2.24) is 4.90 Å². The number of benzene rings is 2. The van der Waals surface area contributed by atoms with Gasteiger partial charge in [0.15, 0.2) is 11.5 Å². The molecule has 1 aliphatic heterocycles. The predicted molar refractivity (Wildman–Crippen MR) is 127 cm³/mol. The highest BCUT2D eigenvalue weighted by atomic mass is 127.